The maximum Gasteiger partial charge on any atom is 0.382 e. The van der Waals surface area contributed by atoms with Crippen molar-refractivity contribution in [2.24, 2.45) is 0 Å². The summed E-state index contributed by atoms with van der Waals surface area (Å²) in [6.07, 6.45) is 14.2. The van der Waals surface area contributed by atoms with Gasteiger partial charge in [0.15, 0.2) is 0 Å². The Morgan fingerprint density at radius 1 is 0.778 bits per heavy atom. The second kappa shape index (κ2) is 18.1. The number of esters is 1. The standard InChI is InChI=1S/C21H38O6/c1-2-3-4-5-6-7-8-9-10-11-12-13-14-15-19(24)20(25)21(26)27-17-18(23)16-22/h18,22-23H,2-17H2,1H3. The minimum atomic E-state index is -1.26. The third-order valence-corrected chi connectivity index (χ3v) is 4.56. The number of aliphatic hydroxyl groups excluding tert-OH is 2. The van der Waals surface area contributed by atoms with Crippen LogP contribution in [0.3, 0.4) is 0 Å². The zero-order valence-corrected chi connectivity index (χ0v) is 16.9. The fraction of sp³-hybridized carbons (Fsp3) is 0.857. The van der Waals surface area contributed by atoms with Gasteiger partial charge in [-0.2, -0.15) is 0 Å². The second-order valence-electron chi connectivity index (χ2n) is 7.18. The number of aliphatic hydroxyl groups is 2. The van der Waals surface area contributed by atoms with Crippen molar-refractivity contribution in [2.75, 3.05) is 13.2 Å². The molecule has 0 spiro atoms. The van der Waals surface area contributed by atoms with Gasteiger partial charge in [0.1, 0.15) is 12.7 Å². The topological polar surface area (TPSA) is 101 Å². The number of carbonyl (C=O) groups excluding carboxylic acids is 3. The fourth-order valence-corrected chi connectivity index (χ4v) is 2.82. The highest BCUT2D eigenvalue weighted by molar-refractivity contribution is 6.62. The van der Waals surface area contributed by atoms with E-state index in [1.807, 2.05) is 0 Å². The largest absolute Gasteiger partial charge is 0.457 e. The average Bonchev–Trinajstić information content (AvgIpc) is 2.68. The zero-order chi connectivity index (χ0) is 20.3. The summed E-state index contributed by atoms with van der Waals surface area (Å²) in [6.45, 7) is 1.16. The van der Waals surface area contributed by atoms with Crippen LogP contribution in [0.4, 0.5) is 0 Å². The molecule has 0 rings (SSSR count). The number of unbranched alkanes of at least 4 members (excludes halogenated alkanes) is 12. The van der Waals surface area contributed by atoms with Crippen molar-refractivity contribution in [1.82, 2.24) is 0 Å². The molecule has 6 heteroatoms. The Morgan fingerprint density at radius 3 is 1.67 bits per heavy atom. The minimum absolute atomic E-state index is 0.0498. The molecule has 0 saturated carbocycles. The van der Waals surface area contributed by atoms with Crippen molar-refractivity contribution in [3.05, 3.63) is 0 Å². The van der Waals surface area contributed by atoms with Gasteiger partial charge in [0.2, 0.25) is 5.78 Å². The van der Waals surface area contributed by atoms with Gasteiger partial charge in [-0.25, -0.2) is 4.79 Å². The molecule has 0 aromatic heterocycles. The molecule has 0 saturated heterocycles. The summed E-state index contributed by atoms with van der Waals surface area (Å²) in [5.41, 5.74) is 0. The summed E-state index contributed by atoms with van der Waals surface area (Å²) in [4.78, 5) is 34.5. The molecule has 0 amide bonds. The van der Waals surface area contributed by atoms with E-state index in [1.165, 1.54) is 57.8 Å². The smallest absolute Gasteiger partial charge is 0.382 e. The molecule has 0 aliphatic rings. The highest BCUT2D eigenvalue weighted by atomic mass is 16.5. The summed E-state index contributed by atoms with van der Waals surface area (Å²) < 4.78 is 4.48. The lowest BCUT2D eigenvalue weighted by Gasteiger charge is -2.07. The summed E-state index contributed by atoms with van der Waals surface area (Å²) in [7, 11) is 0. The van der Waals surface area contributed by atoms with Crippen molar-refractivity contribution in [3.63, 3.8) is 0 Å². The minimum Gasteiger partial charge on any atom is -0.457 e. The third-order valence-electron chi connectivity index (χ3n) is 4.56. The van der Waals surface area contributed by atoms with Crippen LogP contribution >= 0.6 is 0 Å². The van der Waals surface area contributed by atoms with E-state index in [4.69, 9.17) is 10.2 Å². The van der Waals surface area contributed by atoms with E-state index in [1.54, 1.807) is 0 Å². The first kappa shape index (κ1) is 25.7. The van der Waals surface area contributed by atoms with Crippen LogP contribution in [-0.4, -0.2) is 47.1 Å². The van der Waals surface area contributed by atoms with Gasteiger partial charge >= 0.3 is 11.8 Å². The van der Waals surface area contributed by atoms with Crippen LogP contribution in [0.15, 0.2) is 0 Å². The quantitative estimate of drug-likeness (QED) is 0.152. The van der Waals surface area contributed by atoms with Crippen molar-refractivity contribution in [3.8, 4) is 0 Å². The number of ketones is 2. The molecule has 0 fully saturated rings. The summed E-state index contributed by atoms with van der Waals surface area (Å²) in [5.74, 6) is -3.19. The van der Waals surface area contributed by atoms with E-state index in [0.29, 0.717) is 6.42 Å². The maximum atomic E-state index is 11.6. The van der Waals surface area contributed by atoms with E-state index in [0.717, 1.165) is 19.3 Å². The first-order valence-electron chi connectivity index (χ1n) is 10.6. The van der Waals surface area contributed by atoms with Gasteiger partial charge < -0.3 is 14.9 Å². The van der Waals surface area contributed by atoms with E-state index >= 15 is 0 Å². The predicted octanol–water partition coefficient (Wildman–Crippen LogP) is 3.50. The lowest BCUT2D eigenvalue weighted by atomic mass is 10.0. The Balaban J connectivity index is 3.49. The monoisotopic (exact) mass is 386 g/mol. The molecule has 0 bridgehead atoms. The lowest BCUT2D eigenvalue weighted by molar-refractivity contribution is -0.159. The van der Waals surface area contributed by atoms with E-state index in [9.17, 15) is 14.4 Å². The van der Waals surface area contributed by atoms with Crippen molar-refractivity contribution in [1.29, 1.82) is 0 Å². The molecule has 2 N–H and O–H groups in total. The Bertz CT molecular complexity index is 407. The van der Waals surface area contributed by atoms with Crippen LogP contribution in [0.5, 0.6) is 0 Å². The normalized spacial score (nSPS) is 12.0. The Hall–Kier alpha value is -1.27. The van der Waals surface area contributed by atoms with Gasteiger partial charge in [0.05, 0.1) is 6.61 Å². The predicted molar refractivity (Wildman–Crippen MR) is 104 cm³/mol. The first-order chi connectivity index (χ1) is 13.0. The number of Topliss-reactive ketones (excluding diaryl/α,β-unsaturated/α-hetero) is 2. The summed E-state index contributed by atoms with van der Waals surface area (Å²) in [6, 6.07) is 0. The van der Waals surface area contributed by atoms with Crippen molar-refractivity contribution in [2.45, 2.75) is 103 Å². The molecule has 0 heterocycles. The van der Waals surface area contributed by atoms with E-state index < -0.39 is 36.9 Å². The molecule has 0 radical (unpaired) electrons. The van der Waals surface area contributed by atoms with Crippen molar-refractivity contribution >= 4 is 17.5 Å². The van der Waals surface area contributed by atoms with Crippen molar-refractivity contribution < 1.29 is 29.3 Å². The molecule has 6 nitrogen and oxygen atoms in total. The SMILES string of the molecule is CCCCCCCCCCCCCCCC(=O)C(=O)C(=O)OCC(O)CO. The third kappa shape index (κ3) is 15.5. The van der Waals surface area contributed by atoms with E-state index in [2.05, 4.69) is 11.7 Å². The molecule has 1 atom stereocenters. The number of ether oxygens (including phenoxy) is 1. The molecular weight excluding hydrogens is 348 g/mol. The second-order valence-corrected chi connectivity index (χ2v) is 7.18. The van der Waals surface area contributed by atoms with E-state index in [-0.39, 0.29) is 6.42 Å². The highest BCUT2D eigenvalue weighted by Crippen LogP contribution is 2.13. The highest BCUT2D eigenvalue weighted by Gasteiger charge is 2.24. The molecular formula is C21H38O6. The number of hydrogen-bond donors (Lipinski definition) is 2. The van der Waals surface area contributed by atoms with Gasteiger partial charge in [-0.1, -0.05) is 84.0 Å². The van der Waals surface area contributed by atoms with Gasteiger partial charge in [-0.3, -0.25) is 9.59 Å². The molecule has 0 aromatic carbocycles. The number of rotatable bonds is 19. The van der Waals surface area contributed by atoms with Crippen LogP contribution in [0.1, 0.15) is 96.8 Å². The molecule has 0 aromatic rings. The summed E-state index contributed by atoms with van der Waals surface area (Å²) >= 11 is 0. The Morgan fingerprint density at radius 2 is 1.22 bits per heavy atom. The number of hydrogen-bond acceptors (Lipinski definition) is 6. The van der Waals surface area contributed by atoms with Gasteiger partial charge in [0.25, 0.3) is 0 Å². The van der Waals surface area contributed by atoms with Crippen LogP contribution in [0.2, 0.25) is 0 Å². The average molecular weight is 387 g/mol. The molecule has 0 aliphatic carbocycles. The van der Waals surface area contributed by atoms with Crippen LogP contribution in [0.25, 0.3) is 0 Å². The zero-order valence-electron chi connectivity index (χ0n) is 16.9. The lowest BCUT2D eigenvalue weighted by Crippen LogP contribution is -2.30. The van der Waals surface area contributed by atoms with Crippen LogP contribution in [-0.2, 0) is 19.1 Å². The maximum absolute atomic E-state index is 11.6. The van der Waals surface area contributed by atoms with Crippen LogP contribution < -0.4 is 0 Å². The van der Waals surface area contributed by atoms with Crippen LogP contribution in [0, 0.1) is 0 Å². The molecule has 27 heavy (non-hydrogen) atoms. The fourth-order valence-electron chi connectivity index (χ4n) is 2.82. The Labute approximate surface area is 163 Å². The molecule has 0 aliphatic heterocycles. The first-order valence-corrected chi connectivity index (χ1v) is 10.6. The van der Waals surface area contributed by atoms with Gasteiger partial charge in [-0.15, -0.1) is 0 Å². The van der Waals surface area contributed by atoms with Gasteiger partial charge in [-0.05, 0) is 6.42 Å². The molecule has 1 unspecified atom stereocenters. The van der Waals surface area contributed by atoms with Gasteiger partial charge in [0, 0.05) is 6.42 Å². The Kier molecular flexibility index (Phi) is 17.3. The molecule has 158 valence electrons. The summed E-state index contributed by atoms with van der Waals surface area (Å²) in [5, 5.41) is 17.6. The number of carbonyl (C=O) groups is 3.